The van der Waals surface area contributed by atoms with E-state index in [-0.39, 0.29) is 17.4 Å². The van der Waals surface area contributed by atoms with Crippen molar-refractivity contribution in [3.8, 4) is 11.5 Å². The van der Waals surface area contributed by atoms with Crippen LogP contribution in [0.25, 0.3) is 17.0 Å². The summed E-state index contributed by atoms with van der Waals surface area (Å²) >= 11 is 0. The van der Waals surface area contributed by atoms with E-state index >= 15 is 0 Å². The molecule has 0 spiro atoms. The second-order valence-corrected chi connectivity index (χ2v) is 5.72. The largest absolute Gasteiger partial charge is 0.490 e. The average Bonchev–Trinajstić information content (AvgIpc) is 2.68. The second-order valence-electron chi connectivity index (χ2n) is 5.72. The van der Waals surface area contributed by atoms with Gasteiger partial charge in [-0.2, -0.15) is 8.78 Å². The molecular weight excluding hydrogens is 366 g/mol. The fourth-order valence-electron chi connectivity index (χ4n) is 2.65. The molecular formula is C21H18F2N2O3. The lowest BCUT2D eigenvalue weighted by molar-refractivity contribution is -0.111. The van der Waals surface area contributed by atoms with Crippen molar-refractivity contribution in [3.05, 3.63) is 66.4 Å². The predicted octanol–water partition coefficient (Wildman–Crippen LogP) is 4.89. The number of amides is 1. The zero-order valence-corrected chi connectivity index (χ0v) is 15.1. The van der Waals surface area contributed by atoms with Gasteiger partial charge in [0.25, 0.3) is 0 Å². The molecule has 0 aliphatic carbocycles. The number of aromatic nitrogens is 1. The van der Waals surface area contributed by atoms with Crippen LogP contribution < -0.4 is 14.8 Å². The van der Waals surface area contributed by atoms with Crippen molar-refractivity contribution in [2.75, 3.05) is 11.9 Å². The molecule has 0 saturated carbocycles. The number of ether oxygens (including phenoxy) is 2. The molecule has 3 rings (SSSR count). The Labute approximate surface area is 160 Å². The van der Waals surface area contributed by atoms with E-state index in [0.29, 0.717) is 17.9 Å². The Hall–Kier alpha value is -3.48. The van der Waals surface area contributed by atoms with Crippen LogP contribution in [0.15, 0.2) is 60.8 Å². The molecule has 2 aromatic carbocycles. The third-order valence-electron chi connectivity index (χ3n) is 3.81. The van der Waals surface area contributed by atoms with E-state index in [0.717, 1.165) is 10.9 Å². The molecule has 0 radical (unpaired) electrons. The molecule has 1 heterocycles. The maximum Gasteiger partial charge on any atom is 0.387 e. The fraction of sp³-hybridized carbons (Fsp3) is 0.143. The number of anilines is 1. The number of nitrogens with zero attached hydrogens (tertiary/aromatic N) is 1. The number of carbonyl (C=O) groups is 1. The number of pyridine rings is 1. The smallest absolute Gasteiger partial charge is 0.387 e. The molecule has 0 fully saturated rings. The van der Waals surface area contributed by atoms with Crippen molar-refractivity contribution < 1.29 is 23.0 Å². The maximum absolute atomic E-state index is 12.5. The van der Waals surface area contributed by atoms with Crippen LogP contribution in [0, 0.1) is 0 Å². The van der Waals surface area contributed by atoms with Crippen molar-refractivity contribution >= 4 is 28.6 Å². The van der Waals surface area contributed by atoms with E-state index in [1.54, 1.807) is 37.4 Å². The van der Waals surface area contributed by atoms with Crippen LogP contribution in [0.3, 0.4) is 0 Å². The molecule has 3 aromatic rings. The number of hydrogen-bond donors (Lipinski definition) is 1. The van der Waals surface area contributed by atoms with E-state index in [4.69, 9.17) is 4.74 Å². The molecule has 7 heteroatoms. The minimum absolute atomic E-state index is 0.0540. The quantitative estimate of drug-likeness (QED) is 0.590. The topological polar surface area (TPSA) is 60.5 Å². The summed E-state index contributed by atoms with van der Waals surface area (Å²) in [6.45, 7) is -0.912. The minimum Gasteiger partial charge on any atom is -0.490 e. The molecule has 1 amide bonds. The standard InChI is InChI=1S/C21H18F2N2O3/c1-2-27-19-13-14(8-10-18(19)28-21(22)23)9-11-20(26)25-17-7-3-6-16-15(17)5-4-12-24-16/h3-13,21H,2H2,1H3,(H,25,26)/b11-9+. The molecule has 0 saturated heterocycles. The Balaban J connectivity index is 1.75. The first-order valence-corrected chi connectivity index (χ1v) is 8.61. The number of nitrogens with one attached hydrogen (secondary N) is 1. The fourth-order valence-corrected chi connectivity index (χ4v) is 2.65. The van der Waals surface area contributed by atoms with Gasteiger partial charge >= 0.3 is 6.61 Å². The number of carbonyl (C=O) groups excluding carboxylic acids is 1. The summed E-state index contributed by atoms with van der Waals surface area (Å²) in [6.07, 6.45) is 4.60. The van der Waals surface area contributed by atoms with E-state index in [1.165, 1.54) is 18.2 Å². The maximum atomic E-state index is 12.5. The van der Waals surface area contributed by atoms with Gasteiger partial charge in [-0.3, -0.25) is 9.78 Å². The first-order valence-electron chi connectivity index (χ1n) is 8.61. The summed E-state index contributed by atoms with van der Waals surface area (Å²) in [5.41, 5.74) is 2.04. The van der Waals surface area contributed by atoms with Crippen LogP contribution in [0.2, 0.25) is 0 Å². The van der Waals surface area contributed by atoms with Crippen LogP contribution >= 0.6 is 0 Å². The lowest BCUT2D eigenvalue weighted by Crippen LogP contribution is -2.08. The zero-order chi connectivity index (χ0) is 19.9. The van der Waals surface area contributed by atoms with Crippen molar-refractivity contribution in [3.63, 3.8) is 0 Å². The third-order valence-corrected chi connectivity index (χ3v) is 3.81. The first kappa shape index (κ1) is 19.3. The predicted molar refractivity (Wildman–Crippen MR) is 104 cm³/mol. The summed E-state index contributed by atoms with van der Waals surface area (Å²) in [5.74, 6) is -0.200. The Bertz CT molecular complexity index is 1000. The van der Waals surface area contributed by atoms with Crippen LogP contribution in [0.4, 0.5) is 14.5 Å². The van der Waals surface area contributed by atoms with Crippen LogP contribution in [-0.4, -0.2) is 24.1 Å². The molecule has 5 nitrogen and oxygen atoms in total. The van der Waals surface area contributed by atoms with Gasteiger partial charge in [-0.15, -0.1) is 0 Å². The third kappa shape index (κ3) is 4.82. The average molecular weight is 384 g/mol. The van der Waals surface area contributed by atoms with E-state index in [9.17, 15) is 13.6 Å². The summed E-state index contributed by atoms with van der Waals surface area (Å²) in [4.78, 5) is 16.5. The highest BCUT2D eigenvalue weighted by atomic mass is 19.3. The molecule has 1 N–H and O–H groups in total. The molecule has 0 unspecified atom stereocenters. The van der Waals surface area contributed by atoms with Gasteiger partial charge in [-0.25, -0.2) is 0 Å². The molecule has 0 aliphatic heterocycles. The number of fused-ring (bicyclic) bond motifs is 1. The van der Waals surface area contributed by atoms with Gasteiger partial charge < -0.3 is 14.8 Å². The molecule has 28 heavy (non-hydrogen) atoms. The number of halogens is 2. The Morgan fingerprint density at radius 2 is 2.04 bits per heavy atom. The van der Waals surface area contributed by atoms with Gasteiger partial charge in [0.1, 0.15) is 0 Å². The van der Waals surface area contributed by atoms with E-state index in [2.05, 4.69) is 15.0 Å². The molecule has 0 bridgehead atoms. The van der Waals surface area contributed by atoms with Crippen LogP contribution in [-0.2, 0) is 4.79 Å². The summed E-state index contributed by atoms with van der Waals surface area (Å²) in [7, 11) is 0. The van der Waals surface area contributed by atoms with Gasteiger partial charge in [-0.05, 0) is 55.0 Å². The lowest BCUT2D eigenvalue weighted by Gasteiger charge is -2.11. The van der Waals surface area contributed by atoms with Crippen molar-refractivity contribution in [1.82, 2.24) is 4.98 Å². The van der Waals surface area contributed by atoms with Crippen molar-refractivity contribution in [1.29, 1.82) is 0 Å². The van der Waals surface area contributed by atoms with Gasteiger partial charge in [0, 0.05) is 17.7 Å². The summed E-state index contributed by atoms with van der Waals surface area (Å²) in [6, 6.07) is 13.6. The van der Waals surface area contributed by atoms with Crippen LogP contribution in [0.5, 0.6) is 11.5 Å². The lowest BCUT2D eigenvalue weighted by atomic mass is 10.1. The first-order chi connectivity index (χ1) is 13.6. The van der Waals surface area contributed by atoms with Crippen LogP contribution in [0.1, 0.15) is 12.5 Å². The highest BCUT2D eigenvalue weighted by Gasteiger charge is 2.11. The van der Waals surface area contributed by atoms with E-state index < -0.39 is 6.61 Å². The van der Waals surface area contributed by atoms with Crippen molar-refractivity contribution in [2.24, 2.45) is 0 Å². The number of benzene rings is 2. The Morgan fingerprint density at radius 3 is 2.82 bits per heavy atom. The van der Waals surface area contributed by atoms with Gasteiger partial charge in [-0.1, -0.05) is 12.1 Å². The summed E-state index contributed by atoms with van der Waals surface area (Å²) in [5, 5.41) is 3.64. The SMILES string of the molecule is CCOc1cc(/C=C/C(=O)Nc2cccc3ncccc23)ccc1OC(F)F. The normalized spacial score (nSPS) is 11.1. The monoisotopic (exact) mass is 384 g/mol. The molecule has 144 valence electrons. The van der Waals surface area contributed by atoms with Gasteiger partial charge in [0.2, 0.25) is 5.91 Å². The van der Waals surface area contributed by atoms with Crippen molar-refractivity contribution in [2.45, 2.75) is 13.5 Å². The minimum atomic E-state index is -2.94. The zero-order valence-electron chi connectivity index (χ0n) is 15.1. The Morgan fingerprint density at radius 1 is 1.18 bits per heavy atom. The number of hydrogen-bond acceptors (Lipinski definition) is 4. The second kappa shape index (κ2) is 8.94. The molecule has 0 aliphatic rings. The highest BCUT2D eigenvalue weighted by Crippen LogP contribution is 2.30. The van der Waals surface area contributed by atoms with E-state index in [1.807, 2.05) is 18.2 Å². The number of alkyl halides is 2. The Kier molecular flexibility index (Phi) is 6.16. The van der Waals surface area contributed by atoms with Gasteiger partial charge in [0.15, 0.2) is 11.5 Å². The van der Waals surface area contributed by atoms with Gasteiger partial charge in [0.05, 0.1) is 17.8 Å². The molecule has 0 atom stereocenters. The number of rotatable bonds is 7. The molecule has 1 aromatic heterocycles. The summed E-state index contributed by atoms with van der Waals surface area (Å²) < 4.78 is 34.7. The highest BCUT2D eigenvalue weighted by molar-refractivity contribution is 6.06.